The van der Waals surface area contributed by atoms with Gasteiger partial charge in [0.2, 0.25) is 0 Å². The molecule has 1 heterocycles. The third kappa shape index (κ3) is 3.61. The van der Waals surface area contributed by atoms with E-state index in [2.05, 4.69) is 10.4 Å². The smallest absolute Gasteiger partial charge is 0.269 e. The van der Waals surface area contributed by atoms with E-state index in [0.717, 1.165) is 17.7 Å². The Morgan fingerprint density at radius 1 is 1.45 bits per heavy atom. The van der Waals surface area contributed by atoms with Gasteiger partial charge in [-0.25, -0.2) is 0 Å². The van der Waals surface area contributed by atoms with Crippen LogP contribution in [0, 0.1) is 6.92 Å². The van der Waals surface area contributed by atoms with Crippen molar-refractivity contribution >= 4 is 17.5 Å². The van der Waals surface area contributed by atoms with Crippen LogP contribution in [-0.2, 0) is 13.5 Å². The van der Waals surface area contributed by atoms with Gasteiger partial charge in [0, 0.05) is 18.1 Å². The molecule has 4 nitrogen and oxygen atoms in total. The van der Waals surface area contributed by atoms with Crippen molar-refractivity contribution in [3.8, 4) is 0 Å². The van der Waals surface area contributed by atoms with Crippen LogP contribution in [0.25, 0.3) is 0 Å². The van der Waals surface area contributed by atoms with Gasteiger partial charge in [0.05, 0.1) is 5.69 Å². The maximum absolute atomic E-state index is 12.1. The van der Waals surface area contributed by atoms with Gasteiger partial charge in [0.25, 0.3) is 5.91 Å². The first-order valence-corrected chi connectivity index (χ1v) is 6.89. The van der Waals surface area contributed by atoms with E-state index >= 15 is 0 Å². The molecule has 106 valence electrons. The Hall–Kier alpha value is -1.81. The van der Waals surface area contributed by atoms with Crippen molar-refractivity contribution in [1.82, 2.24) is 15.1 Å². The third-order valence-corrected chi connectivity index (χ3v) is 3.28. The van der Waals surface area contributed by atoms with E-state index in [0.29, 0.717) is 10.7 Å². The van der Waals surface area contributed by atoms with Crippen molar-refractivity contribution in [2.75, 3.05) is 0 Å². The molecule has 0 spiro atoms. The lowest BCUT2D eigenvalue weighted by Gasteiger charge is -2.14. The van der Waals surface area contributed by atoms with Crippen LogP contribution in [0.4, 0.5) is 0 Å². The first-order valence-electron chi connectivity index (χ1n) is 6.51. The first kappa shape index (κ1) is 14.6. The van der Waals surface area contributed by atoms with Gasteiger partial charge in [-0.1, -0.05) is 23.7 Å². The first-order chi connectivity index (χ1) is 9.45. The highest BCUT2D eigenvalue weighted by Crippen LogP contribution is 2.12. The van der Waals surface area contributed by atoms with Gasteiger partial charge in [-0.15, -0.1) is 0 Å². The predicted molar refractivity (Wildman–Crippen MR) is 80.0 cm³/mol. The Morgan fingerprint density at radius 3 is 2.80 bits per heavy atom. The van der Waals surface area contributed by atoms with Crippen molar-refractivity contribution in [3.63, 3.8) is 0 Å². The van der Waals surface area contributed by atoms with Crippen LogP contribution in [0.5, 0.6) is 0 Å². The number of hydrogen-bond acceptors (Lipinski definition) is 2. The van der Waals surface area contributed by atoms with Crippen molar-refractivity contribution in [2.24, 2.45) is 7.05 Å². The van der Waals surface area contributed by atoms with Gasteiger partial charge in [-0.2, -0.15) is 5.10 Å². The largest absolute Gasteiger partial charge is 0.348 e. The van der Waals surface area contributed by atoms with Crippen LogP contribution in [0.3, 0.4) is 0 Å². The van der Waals surface area contributed by atoms with E-state index in [1.165, 1.54) is 0 Å². The number of halogens is 1. The average Bonchev–Trinajstić information content (AvgIpc) is 2.68. The molecule has 0 bridgehead atoms. The number of carbonyl (C=O) groups excluding carboxylic acids is 1. The number of hydrogen-bond donors (Lipinski definition) is 1. The highest BCUT2D eigenvalue weighted by Gasteiger charge is 2.14. The van der Waals surface area contributed by atoms with Crippen LogP contribution < -0.4 is 5.32 Å². The monoisotopic (exact) mass is 291 g/mol. The maximum atomic E-state index is 12.1. The molecule has 1 N–H and O–H groups in total. The molecule has 20 heavy (non-hydrogen) atoms. The lowest BCUT2D eigenvalue weighted by atomic mass is 10.1. The van der Waals surface area contributed by atoms with Gasteiger partial charge >= 0.3 is 0 Å². The molecule has 1 aromatic heterocycles. The van der Waals surface area contributed by atoms with Crippen LogP contribution in [0.15, 0.2) is 30.3 Å². The molecule has 0 unspecified atom stereocenters. The van der Waals surface area contributed by atoms with Gasteiger partial charge in [-0.05, 0) is 44.0 Å². The summed E-state index contributed by atoms with van der Waals surface area (Å²) in [4.78, 5) is 12.1. The second kappa shape index (κ2) is 6.09. The number of nitrogens with one attached hydrogen (secondary N) is 1. The van der Waals surface area contributed by atoms with Crippen LogP contribution in [0.2, 0.25) is 5.02 Å². The molecule has 1 amide bonds. The minimum absolute atomic E-state index is 0.0242. The Balaban J connectivity index is 1.99. The zero-order valence-electron chi connectivity index (χ0n) is 11.9. The summed E-state index contributed by atoms with van der Waals surface area (Å²) >= 11 is 5.95. The molecule has 2 aromatic rings. The maximum Gasteiger partial charge on any atom is 0.269 e. The molecule has 5 heteroatoms. The third-order valence-electron chi connectivity index (χ3n) is 3.04. The number of nitrogens with zero attached hydrogens (tertiary/aromatic N) is 2. The molecule has 0 fully saturated rings. The summed E-state index contributed by atoms with van der Waals surface area (Å²) in [6.45, 7) is 3.84. The van der Waals surface area contributed by atoms with Crippen molar-refractivity contribution in [3.05, 3.63) is 52.3 Å². The van der Waals surface area contributed by atoms with Gasteiger partial charge in [0.1, 0.15) is 5.69 Å². The van der Waals surface area contributed by atoms with E-state index in [-0.39, 0.29) is 11.9 Å². The molecule has 0 aliphatic heterocycles. The van der Waals surface area contributed by atoms with E-state index < -0.39 is 0 Å². The molecule has 0 aliphatic carbocycles. The molecule has 0 radical (unpaired) electrons. The number of amides is 1. The summed E-state index contributed by atoms with van der Waals surface area (Å²) in [5.41, 5.74) is 2.51. The second-order valence-electron chi connectivity index (χ2n) is 5.00. The summed E-state index contributed by atoms with van der Waals surface area (Å²) < 4.78 is 1.59. The summed E-state index contributed by atoms with van der Waals surface area (Å²) in [5.74, 6) is -0.109. The number of carbonyl (C=O) groups is 1. The standard InChI is InChI=1S/C15H18ClN3O/c1-10(7-12-5-4-6-13(16)9-12)17-15(20)14-8-11(2)18-19(14)3/h4-6,8-10H,7H2,1-3H3,(H,17,20)/t10-/m0/s1. The quantitative estimate of drug-likeness (QED) is 0.941. The molecule has 0 aliphatic rings. The topological polar surface area (TPSA) is 46.9 Å². The highest BCUT2D eigenvalue weighted by molar-refractivity contribution is 6.30. The Labute approximate surface area is 123 Å². The van der Waals surface area contributed by atoms with Gasteiger partial charge in [-0.3, -0.25) is 9.48 Å². The summed E-state index contributed by atoms with van der Waals surface area (Å²) in [6.07, 6.45) is 0.739. The minimum Gasteiger partial charge on any atom is -0.348 e. The molecule has 1 aromatic carbocycles. The summed E-state index contributed by atoms with van der Waals surface area (Å²) in [6, 6.07) is 9.47. The van der Waals surface area contributed by atoms with Gasteiger partial charge < -0.3 is 5.32 Å². The van der Waals surface area contributed by atoms with Crippen molar-refractivity contribution in [1.29, 1.82) is 0 Å². The molecule has 0 saturated heterocycles. The van der Waals surface area contributed by atoms with E-state index in [1.54, 1.807) is 17.8 Å². The number of rotatable bonds is 4. The molecular formula is C15H18ClN3O. The van der Waals surface area contributed by atoms with Crippen molar-refractivity contribution in [2.45, 2.75) is 26.3 Å². The Bertz CT molecular complexity index is 621. The number of aryl methyl sites for hydroxylation is 2. The lowest BCUT2D eigenvalue weighted by molar-refractivity contribution is 0.0930. The fraction of sp³-hybridized carbons (Fsp3) is 0.333. The Morgan fingerprint density at radius 2 is 2.20 bits per heavy atom. The zero-order chi connectivity index (χ0) is 14.7. The van der Waals surface area contributed by atoms with E-state index in [9.17, 15) is 4.79 Å². The lowest BCUT2D eigenvalue weighted by Crippen LogP contribution is -2.35. The molecule has 0 saturated carbocycles. The highest BCUT2D eigenvalue weighted by atomic mass is 35.5. The molecule has 2 rings (SSSR count). The van der Waals surface area contributed by atoms with Gasteiger partial charge in [0.15, 0.2) is 0 Å². The predicted octanol–water partition coefficient (Wildman–Crippen LogP) is 2.74. The molecule has 1 atom stereocenters. The average molecular weight is 292 g/mol. The van der Waals surface area contributed by atoms with E-state index in [4.69, 9.17) is 11.6 Å². The zero-order valence-corrected chi connectivity index (χ0v) is 12.6. The normalized spacial score (nSPS) is 12.2. The molecular weight excluding hydrogens is 274 g/mol. The van der Waals surface area contributed by atoms with E-state index in [1.807, 2.05) is 38.1 Å². The van der Waals surface area contributed by atoms with Crippen LogP contribution in [-0.4, -0.2) is 21.7 Å². The van der Waals surface area contributed by atoms with Crippen LogP contribution in [0.1, 0.15) is 28.7 Å². The Kier molecular flexibility index (Phi) is 4.45. The fourth-order valence-electron chi connectivity index (χ4n) is 2.19. The van der Waals surface area contributed by atoms with Crippen molar-refractivity contribution < 1.29 is 4.79 Å². The van der Waals surface area contributed by atoms with Crippen LogP contribution >= 0.6 is 11.6 Å². The SMILES string of the molecule is Cc1cc(C(=O)N[C@@H](C)Cc2cccc(Cl)c2)n(C)n1. The fourth-order valence-corrected chi connectivity index (χ4v) is 2.40. The number of benzene rings is 1. The minimum atomic E-state index is -0.109. The summed E-state index contributed by atoms with van der Waals surface area (Å²) in [7, 11) is 1.77. The second-order valence-corrected chi connectivity index (χ2v) is 5.44. The number of aromatic nitrogens is 2. The summed E-state index contributed by atoms with van der Waals surface area (Å²) in [5, 5.41) is 7.86.